The predicted octanol–water partition coefficient (Wildman–Crippen LogP) is 1.10. The fourth-order valence-electron chi connectivity index (χ4n) is 2.64. The number of hydrogen-bond donors (Lipinski definition) is 2. The van der Waals surface area contributed by atoms with Gasteiger partial charge in [0.2, 0.25) is 5.95 Å². The number of anilines is 1. The molecule has 1 aliphatic carbocycles. The van der Waals surface area contributed by atoms with E-state index in [1.807, 2.05) is 0 Å². The zero-order valence-corrected chi connectivity index (χ0v) is 10.4. The number of aromatic nitrogens is 3. The van der Waals surface area contributed by atoms with Gasteiger partial charge >= 0.3 is 0 Å². The first kappa shape index (κ1) is 11.0. The van der Waals surface area contributed by atoms with E-state index >= 15 is 0 Å². The van der Waals surface area contributed by atoms with Crippen LogP contribution >= 0.6 is 0 Å². The van der Waals surface area contributed by atoms with Crippen molar-refractivity contribution in [3.63, 3.8) is 0 Å². The van der Waals surface area contributed by atoms with Crippen molar-refractivity contribution >= 4 is 5.95 Å². The molecule has 17 heavy (non-hydrogen) atoms. The first-order valence-corrected chi connectivity index (χ1v) is 6.65. The van der Waals surface area contributed by atoms with Gasteiger partial charge in [-0.3, -0.25) is 5.10 Å². The minimum atomic E-state index is 0.623. The molecule has 2 atom stereocenters. The van der Waals surface area contributed by atoms with Gasteiger partial charge in [-0.25, -0.2) is 0 Å². The Kier molecular flexibility index (Phi) is 2.78. The zero-order chi connectivity index (χ0) is 11.8. The highest BCUT2D eigenvalue weighted by Crippen LogP contribution is 2.45. The SMILES string of the molecule is CC1CC1c1nc(N2CCC(CN)CC2)n[nH]1. The number of hydrogen-bond acceptors (Lipinski definition) is 4. The molecule has 1 aromatic rings. The molecule has 0 amide bonds. The molecule has 0 bridgehead atoms. The molecular formula is C12H21N5. The van der Waals surface area contributed by atoms with Gasteiger partial charge in [-0.05, 0) is 37.6 Å². The molecule has 2 unspecified atom stereocenters. The molecule has 1 aliphatic heterocycles. The fraction of sp³-hybridized carbons (Fsp3) is 0.833. The predicted molar refractivity (Wildman–Crippen MR) is 66.9 cm³/mol. The second-order valence-electron chi connectivity index (χ2n) is 5.51. The first-order chi connectivity index (χ1) is 8.28. The van der Waals surface area contributed by atoms with Crippen molar-refractivity contribution in [1.82, 2.24) is 15.2 Å². The first-order valence-electron chi connectivity index (χ1n) is 6.65. The molecule has 0 aromatic carbocycles. The molecule has 0 radical (unpaired) electrons. The minimum absolute atomic E-state index is 0.623. The van der Waals surface area contributed by atoms with E-state index < -0.39 is 0 Å². The van der Waals surface area contributed by atoms with Crippen molar-refractivity contribution in [1.29, 1.82) is 0 Å². The molecule has 94 valence electrons. The summed E-state index contributed by atoms with van der Waals surface area (Å²) in [6.07, 6.45) is 3.59. The second kappa shape index (κ2) is 4.29. The van der Waals surface area contributed by atoms with E-state index in [4.69, 9.17) is 5.73 Å². The lowest BCUT2D eigenvalue weighted by atomic mass is 9.97. The van der Waals surface area contributed by atoms with Crippen LogP contribution in [0.15, 0.2) is 0 Å². The summed E-state index contributed by atoms with van der Waals surface area (Å²) in [4.78, 5) is 6.90. The number of nitrogens with two attached hydrogens (primary N) is 1. The van der Waals surface area contributed by atoms with Crippen molar-refractivity contribution in [2.75, 3.05) is 24.5 Å². The van der Waals surface area contributed by atoms with Crippen LogP contribution in [-0.2, 0) is 0 Å². The maximum absolute atomic E-state index is 5.70. The number of nitrogens with one attached hydrogen (secondary N) is 1. The largest absolute Gasteiger partial charge is 0.340 e. The molecule has 1 saturated carbocycles. The molecule has 3 rings (SSSR count). The van der Waals surface area contributed by atoms with Crippen LogP contribution in [0.3, 0.4) is 0 Å². The summed E-state index contributed by atoms with van der Waals surface area (Å²) < 4.78 is 0. The summed E-state index contributed by atoms with van der Waals surface area (Å²) >= 11 is 0. The Morgan fingerprint density at radius 1 is 1.41 bits per heavy atom. The highest BCUT2D eigenvalue weighted by molar-refractivity contribution is 5.30. The van der Waals surface area contributed by atoms with E-state index in [2.05, 4.69) is 27.0 Å². The number of aromatic amines is 1. The standard InChI is InChI=1S/C12H21N5/c1-8-6-10(8)11-14-12(16-15-11)17-4-2-9(7-13)3-5-17/h8-10H,2-7,13H2,1H3,(H,14,15,16). The Balaban J connectivity index is 1.63. The van der Waals surface area contributed by atoms with E-state index in [1.165, 1.54) is 19.3 Å². The summed E-state index contributed by atoms with van der Waals surface area (Å²) in [5, 5.41) is 7.44. The lowest BCUT2D eigenvalue weighted by molar-refractivity contribution is 0.411. The molecule has 2 fully saturated rings. The van der Waals surface area contributed by atoms with Gasteiger partial charge in [-0.15, -0.1) is 5.10 Å². The van der Waals surface area contributed by atoms with Crippen molar-refractivity contribution in [3.8, 4) is 0 Å². The second-order valence-corrected chi connectivity index (χ2v) is 5.51. The van der Waals surface area contributed by atoms with Gasteiger partial charge in [0.05, 0.1) is 0 Å². The van der Waals surface area contributed by atoms with Crippen LogP contribution in [0.1, 0.15) is 37.9 Å². The number of rotatable bonds is 3. The van der Waals surface area contributed by atoms with Crippen LogP contribution in [0.4, 0.5) is 5.95 Å². The van der Waals surface area contributed by atoms with E-state index in [1.54, 1.807) is 0 Å². The Morgan fingerprint density at radius 3 is 2.71 bits per heavy atom. The zero-order valence-electron chi connectivity index (χ0n) is 10.4. The average molecular weight is 235 g/mol. The lowest BCUT2D eigenvalue weighted by Crippen LogP contribution is -2.36. The van der Waals surface area contributed by atoms with Gasteiger partial charge in [0.1, 0.15) is 5.82 Å². The molecule has 1 aromatic heterocycles. The number of piperidine rings is 1. The maximum atomic E-state index is 5.70. The highest BCUT2D eigenvalue weighted by Gasteiger charge is 2.37. The molecule has 2 heterocycles. The molecule has 1 saturated heterocycles. The lowest BCUT2D eigenvalue weighted by Gasteiger charge is -2.30. The van der Waals surface area contributed by atoms with E-state index in [0.29, 0.717) is 11.8 Å². The third-order valence-corrected chi connectivity index (χ3v) is 4.18. The third kappa shape index (κ3) is 2.16. The Hall–Kier alpha value is -1.10. The van der Waals surface area contributed by atoms with Gasteiger partial charge in [0.25, 0.3) is 0 Å². The summed E-state index contributed by atoms with van der Waals surface area (Å²) in [7, 11) is 0. The summed E-state index contributed by atoms with van der Waals surface area (Å²) in [5.74, 6) is 4.05. The van der Waals surface area contributed by atoms with Crippen molar-refractivity contribution in [3.05, 3.63) is 5.82 Å². The topological polar surface area (TPSA) is 70.8 Å². The van der Waals surface area contributed by atoms with Crippen LogP contribution in [0.5, 0.6) is 0 Å². The van der Waals surface area contributed by atoms with Crippen molar-refractivity contribution < 1.29 is 0 Å². The third-order valence-electron chi connectivity index (χ3n) is 4.18. The van der Waals surface area contributed by atoms with Crippen LogP contribution in [0.2, 0.25) is 0 Å². The van der Waals surface area contributed by atoms with Gasteiger partial charge in [-0.2, -0.15) is 4.98 Å². The Morgan fingerprint density at radius 2 is 2.12 bits per heavy atom. The van der Waals surface area contributed by atoms with Gasteiger partial charge < -0.3 is 10.6 Å². The minimum Gasteiger partial charge on any atom is -0.340 e. The Labute approximate surface area is 102 Å². The van der Waals surface area contributed by atoms with E-state index in [-0.39, 0.29) is 0 Å². The quantitative estimate of drug-likeness (QED) is 0.823. The van der Waals surface area contributed by atoms with Crippen LogP contribution in [-0.4, -0.2) is 34.8 Å². The molecular weight excluding hydrogens is 214 g/mol. The maximum Gasteiger partial charge on any atom is 0.244 e. The summed E-state index contributed by atoms with van der Waals surface area (Å²) in [5.41, 5.74) is 5.70. The van der Waals surface area contributed by atoms with Crippen LogP contribution in [0.25, 0.3) is 0 Å². The molecule has 5 nitrogen and oxygen atoms in total. The summed E-state index contributed by atoms with van der Waals surface area (Å²) in [6.45, 7) is 5.16. The van der Waals surface area contributed by atoms with Gasteiger partial charge in [-0.1, -0.05) is 6.92 Å². The molecule has 3 N–H and O–H groups in total. The van der Waals surface area contributed by atoms with Gasteiger partial charge in [0.15, 0.2) is 0 Å². The van der Waals surface area contributed by atoms with Crippen molar-refractivity contribution in [2.45, 2.75) is 32.1 Å². The van der Waals surface area contributed by atoms with E-state index in [0.717, 1.165) is 37.3 Å². The monoisotopic (exact) mass is 235 g/mol. The number of nitrogens with zero attached hydrogens (tertiary/aromatic N) is 3. The molecule has 0 spiro atoms. The molecule has 5 heteroatoms. The number of H-pyrrole nitrogens is 1. The smallest absolute Gasteiger partial charge is 0.244 e. The highest BCUT2D eigenvalue weighted by atomic mass is 15.4. The molecule has 2 aliphatic rings. The summed E-state index contributed by atoms with van der Waals surface area (Å²) in [6, 6.07) is 0. The fourth-order valence-corrected chi connectivity index (χ4v) is 2.64. The normalized spacial score (nSPS) is 29.6. The Bertz CT molecular complexity index is 380. The van der Waals surface area contributed by atoms with Gasteiger partial charge in [0, 0.05) is 19.0 Å². The van der Waals surface area contributed by atoms with E-state index in [9.17, 15) is 0 Å². The van der Waals surface area contributed by atoms with Crippen LogP contribution < -0.4 is 10.6 Å². The van der Waals surface area contributed by atoms with Crippen molar-refractivity contribution in [2.24, 2.45) is 17.6 Å². The average Bonchev–Trinajstić information content (AvgIpc) is 2.92. The van der Waals surface area contributed by atoms with Crippen LogP contribution in [0, 0.1) is 11.8 Å².